The van der Waals surface area contributed by atoms with Gasteiger partial charge < -0.3 is 19.3 Å². The molecule has 1 N–H and O–H groups in total. The second-order valence-corrected chi connectivity index (χ2v) is 6.28. The molecule has 10 nitrogen and oxygen atoms in total. The highest BCUT2D eigenvalue weighted by Gasteiger charge is 2.19. The molecule has 0 aromatic carbocycles. The first-order valence-electron chi connectivity index (χ1n) is 8.86. The van der Waals surface area contributed by atoms with Crippen LogP contribution in [0.5, 0.6) is 23.3 Å². The van der Waals surface area contributed by atoms with Crippen molar-refractivity contribution in [2.75, 3.05) is 21.3 Å². The van der Waals surface area contributed by atoms with Crippen LogP contribution in [0.15, 0.2) is 36.9 Å². The van der Waals surface area contributed by atoms with Crippen molar-refractivity contribution in [2.45, 2.75) is 6.54 Å². The zero-order valence-corrected chi connectivity index (χ0v) is 16.5. The van der Waals surface area contributed by atoms with Gasteiger partial charge in [0.25, 0.3) is 5.88 Å². The molecule has 0 aliphatic carbocycles. The van der Waals surface area contributed by atoms with Gasteiger partial charge in [-0.25, -0.2) is 9.97 Å². The zero-order chi connectivity index (χ0) is 21.3. The molecule has 0 aliphatic rings. The van der Waals surface area contributed by atoms with Gasteiger partial charge in [-0.3, -0.25) is 9.25 Å². The van der Waals surface area contributed by atoms with Crippen LogP contribution in [0.1, 0.15) is 0 Å². The zero-order valence-electron chi connectivity index (χ0n) is 16.5. The summed E-state index contributed by atoms with van der Waals surface area (Å²) >= 11 is 0. The highest BCUT2D eigenvalue weighted by atomic mass is 16.5. The van der Waals surface area contributed by atoms with Crippen LogP contribution in [0.4, 0.5) is 0 Å². The number of nitriles is 1. The number of pyridine rings is 2. The minimum Gasteiger partial charge on any atom is -0.496 e. The molecule has 0 amide bonds. The topological polar surface area (TPSA) is 120 Å². The Balaban J connectivity index is 1.86. The van der Waals surface area contributed by atoms with E-state index in [9.17, 15) is 5.11 Å². The van der Waals surface area contributed by atoms with Gasteiger partial charge in [0.15, 0.2) is 5.75 Å². The van der Waals surface area contributed by atoms with Gasteiger partial charge in [0, 0.05) is 24.0 Å². The lowest BCUT2D eigenvalue weighted by Gasteiger charge is -2.10. The minimum absolute atomic E-state index is 0.0390. The molecular formula is C20H18N6O4. The van der Waals surface area contributed by atoms with Crippen LogP contribution in [0, 0.1) is 11.3 Å². The SMILES string of the molecule is COc1cc(-c2cc(OC)c3c(O)n(-c4cnn(CC#N)c4)cc3n2)cnc1OC. The van der Waals surface area contributed by atoms with Crippen LogP contribution in [0.2, 0.25) is 0 Å². The average Bonchev–Trinajstić information content (AvgIpc) is 3.37. The normalized spacial score (nSPS) is 10.7. The van der Waals surface area contributed by atoms with Crippen LogP contribution < -0.4 is 14.2 Å². The summed E-state index contributed by atoms with van der Waals surface area (Å²) in [6.45, 7) is 0.111. The van der Waals surface area contributed by atoms with E-state index >= 15 is 0 Å². The summed E-state index contributed by atoms with van der Waals surface area (Å²) in [5.41, 5.74) is 2.40. The summed E-state index contributed by atoms with van der Waals surface area (Å²) in [5, 5.41) is 24.2. The molecule has 4 aromatic heterocycles. The monoisotopic (exact) mass is 406 g/mol. The van der Waals surface area contributed by atoms with Crippen LogP contribution in [0.25, 0.3) is 27.8 Å². The molecule has 0 spiro atoms. The number of nitrogens with zero attached hydrogens (tertiary/aromatic N) is 6. The van der Waals surface area contributed by atoms with Gasteiger partial charge in [0.05, 0.1) is 56.7 Å². The largest absolute Gasteiger partial charge is 0.496 e. The number of ether oxygens (including phenoxy) is 3. The van der Waals surface area contributed by atoms with Crippen LogP contribution in [-0.2, 0) is 6.54 Å². The second kappa shape index (κ2) is 7.63. The van der Waals surface area contributed by atoms with E-state index in [2.05, 4.69) is 15.1 Å². The van der Waals surface area contributed by atoms with Gasteiger partial charge in [-0.05, 0) is 6.07 Å². The van der Waals surface area contributed by atoms with E-state index in [1.807, 2.05) is 6.07 Å². The first-order valence-corrected chi connectivity index (χ1v) is 8.86. The van der Waals surface area contributed by atoms with E-state index in [1.54, 1.807) is 36.9 Å². The van der Waals surface area contributed by atoms with Crippen LogP contribution in [-0.4, -0.2) is 50.8 Å². The van der Waals surface area contributed by atoms with E-state index in [4.69, 9.17) is 19.5 Å². The number of methoxy groups -OCH3 is 3. The van der Waals surface area contributed by atoms with E-state index < -0.39 is 0 Å². The molecule has 0 aliphatic heterocycles. The molecule has 152 valence electrons. The lowest BCUT2D eigenvalue weighted by atomic mass is 10.1. The van der Waals surface area contributed by atoms with E-state index in [0.29, 0.717) is 45.2 Å². The first-order chi connectivity index (χ1) is 14.6. The van der Waals surface area contributed by atoms with Crippen molar-refractivity contribution < 1.29 is 19.3 Å². The minimum atomic E-state index is -0.0390. The Labute approximate surface area is 171 Å². The number of aromatic nitrogens is 5. The van der Waals surface area contributed by atoms with Crippen molar-refractivity contribution in [1.82, 2.24) is 24.3 Å². The molecule has 0 bridgehead atoms. The fourth-order valence-electron chi connectivity index (χ4n) is 3.18. The standard InChI is InChI=1S/C20H18N6O4/c1-28-16-7-14(12-6-17(29-2)19(30-3)22-8-12)24-15-11-26(20(27)18(15)16)13-9-23-25(10-13)5-4-21/h6-11,27H,5H2,1-3H3. The maximum Gasteiger partial charge on any atom is 0.256 e. The molecular weight excluding hydrogens is 388 g/mol. The van der Waals surface area contributed by atoms with Gasteiger partial charge >= 0.3 is 0 Å². The smallest absolute Gasteiger partial charge is 0.256 e. The summed E-state index contributed by atoms with van der Waals surface area (Å²) in [6, 6.07) is 5.51. The molecule has 0 unspecified atom stereocenters. The first kappa shape index (κ1) is 19.1. The fourth-order valence-corrected chi connectivity index (χ4v) is 3.18. The van der Waals surface area contributed by atoms with Gasteiger partial charge in [-0.2, -0.15) is 10.4 Å². The molecule has 0 radical (unpaired) electrons. The number of fused-ring (bicyclic) bond motifs is 1. The van der Waals surface area contributed by atoms with Crippen molar-refractivity contribution in [2.24, 2.45) is 0 Å². The number of hydrogen-bond donors (Lipinski definition) is 1. The summed E-state index contributed by atoms with van der Waals surface area (Å²) in [5.74, 6) is 1.25. The van der Waals surface area contributed by atoms with Crippen LogP contribution >= 0.6 is 0 Å². The third kappa shape index (κ3) is 3.12. The highest BCUT2D eigenvalue weighted by molar-refractivity contribution is 5.93. The highest BCUT2D eigenvalue weighted by Crippen LogP contribution is 2.39. The Morgan fingerprint density at radius 3 is 2.57 bits per heavy atom. The third-order valence-electron chi connectivity index (χ3n) is 4.59. The van der Waals surface area contributed by atoms with Gasteiger partial charge in [-0.1, -0.05) is 0 Å². The van der Waals surface area contributed by atoms with Crippen molar-refractivity contribution in [3.8, 4) is 46.3 Å². The molecule has 0 saturated carbocycles. The Hall–Kier alpha value is -4.26. The van der Waals surface area contributed by atoms with Crippen molar-refractivity contribution in [1.29, 1.82) is 5.26 Å². The number of aromatic hydroxyl groups is 1. The maximum absolute atomic E-state index is 10.8. The van der Waals surface area contributed by atoms with Crippen LogP contribution in [0.3, 0.4) is 0 Å². The molecule has 30 heavy (non-hydrogen) atoms. The molecule has 0 saturated heterocycles. The predicted molar refractivity (Wildman–Crippen MR) is 107 cm³/mol. The summed E-state index contributed by atoms with van der Waals surface area (Å²) in [6.07, 6.45) is 6.52. The molecule has 4 aromatic rings. The summed E-state index contributed by atoms with van der Waals surface area (Å²) in [7, 11) is 4.57. The molecule has 4 heterocycles. The van der Waals surface area contributed by atoms with Gasteiger partial charge in [0.2, 0.25) is 5.88 Å². The predicted octanol–water partition coefficient (Wildman–Crippen LogP) is 2.54. The molecule has 0 atom stereocenters. The molecule has 4 rings (SSSR count). The van der Waals surface area contributed by atoms with Gasteiger partial charge in [-0.15, -0.1) is 0 Å². The number of rotatable bonds is 6. The van der Waals surface area contributed by atoms with E-state index in [0.717, 1.165) is 0 Å². The molecule has 10 heteroatoms. The lowest BCUT2D eigenvalue weighted by Crippen LogP contribution is -1.95. The van der Waals surface area contributed by atoms with Crippen molar-refractivity contribution in [3.05, 3.63) is 36.9 Å². The second-order valence-electron chi connectivity index (χ2n) is 6.28. The van der Waals surface area contributed by atoms with E-state index in [1.165, 1.54) is 30.6 Å². The third-order valence-corrected chi connectivity index (χ3v) is 4.59. The average molecular weight is 406 g/mol. The summed E-state index contributed by atoms with van der Waals surface area (Å²) < 4.78 is 19.0. The summed E-state index contributed by atoms with van der Waals surface area (Å²) in [4.78, 5) is 8.91. The number of hydrogen-bond acceptors (Lipinski definition) is 8. The Bertz CT molecular complexity index is 1270. The van der Waals surface area contributed by atoms with Crippen molar-refractivity contribution in [3.63, 3.8) is 0 Å². The van der Waals surface area contributed by atoms with E-state index in [-0.39, 0.29) is 12.4 Å². The fraction of sp³-hybridized carbons (Fsp3) is 0.200. The Morgan fingerprint density at radius 1 is 1.07 bits per heavy atom. The quantitative estimate of drug-likeness (QED) is 0.519. The Morgan fingerprint density at radius 2 is 1.87 bits per heavy atom. The maximum atomic E-state index is 10.8. The lowest BCUT2D eigenvalue weighted by molar-refractivity contribution is 0.343. The molecule has 0 fully saturated rings. The van der Waals surface area contributed by atoms with Gasteiger partial charge in [0.1, 0.15) is 17.7 Å². The van der Waals surface area contributed by atoms with Crippen molar-refractivity contribution >= 4 is 10.9 Å². The Kier molecular flexibility index (Phi) is 4.85.